The van der Waals surface area contributed by atoms with Crippen LogP contribution in [-0.2, 0) is 4.79 Å². The Hall–Kier alpha value is -1.45. The highest BCUT2D eigenvalue weighted by Crippen LogP contribution is 1.97. The molecular weight excluding hydrogens is 144 g/mol. The SMILES string of the molecule is CC(=O)NC1C=CC(O)=CN1. The molecular formula is C7H10N2O2. The third-order valence-corrected chi connectivity index (χ3v) is 1.23. The van der Waals surface area contributed by atoms with Crippen molar-refractivity contribution in [1.29, 1.82) is 0 Å². The molecule has 0 aliphatic carbocycles. The number of allylic oxidation sites excluding steroid dienone is 1. The second kappa shape index (κ2) is 3.09. The summed E-state index contributed by atoms with van der Waals surface area (Å²) in [6.07, 6.45) is 4.41. The van der Waals surface area contributed by atoms with Gasteiger partial charge in [-0.05, 0) is 12.2 Å². The van der Waals surface area contributed by atoms with Gasteiger partial charge < -0.3 is 15.7 Å². The van der Waals surface area contributed by atoms with E-state index in [4.69, 9.17) is 5.11 Å². The lowest BCUT2D eigenvalue weighted by Crippen LogP contribution is -2.41. The molecule has 60 valence electrons. The summed E-state index contributed by atoms with van der Waals surface area (Å²) in [6.45, 7) is 1.44. The van der Waals surface area contributed by atoms with Crippen LogP contribution in [0.25, 0.3) is 0 Å². The maximum absolute atomic E-state index is 10.5. The van der Waals surface area contributed by atoms with Gasteiger partial charge in [-0.3, -0.25) is 4.79 Å². The number of hydrogen-bond donors (Lipinski definition) is 3. The van der Waals surface area contributed by atoms with Gasteiger partial charge in [-0.15, -0.1) is 0 Å². The quantitative estimate of drug-likeness (QED) is 0.498. The zero-order chi connectivity index (χ0) is 8.27. The Labute approximate surface area is 64.6 Å². The van der Waals surface area contributed by atoms with Crippen molar-refractivity contribution in [2.75, 3.05) is 0 Å². The third kappa shape index (κ3) is 2.33. The number of carbonyl (C=O) groups excluding carboxylic acids is 1. The molecule has 0 saturated carbocycles. The Kier molecular flexibility index (Phi) is 2.15. The fourth-order valence-corrected chi connectivity index (χ4v) is 0.782. The molecule has 0 spiro atoms. The maximum Gasteiger partial charge on any atom is 0.218 e. The number of dihydropyridines is 1. The Balaban J connectivity index is 2.43. The molecule has 0 fully saturated rings. The van der Waals surface area contributed by atoms with Crippen LogP contribution in [0.5, 0.6) is 0 Å². The van der Waals surface area contributed by atoms with Crippen molar-refractivity contribution in [2.45, 2.75) is 13.1 Å². The number of aliphatic hydroxyl groups excluding tert-OH is 1. The van der Waals surface area contributed by atoms with Crippen molar-refractivity contribution in [3.8, 4) is 0 Å². The number of nitrogens with one attached hydrogen (secondary N) is 2. The number of aliphatic hydroxyl groups is 1. The van der Waals surface area contributed by atoms with Crippen LogP contribution in [-0.4, -0.2) is 17.2 Å². The van der Waals surface area contributed by atoms with Crippen LogP contribution in [0.2, 0.25) is 0 Å². The highest BCUT2D eigenvalue weighted by Gasteiger charge is 2.06. The lowest BCUT2D eigenvalue weighted by atomic mass is 10.3. The summed E-state index contributed by atoms with van der Waals surface area (Å²) in [5.74, 6) is 0.0496. The van der Waals surface area contributed by atoms with Gasteiger partial charge in [0.25, 0.3) is 0 Å². The minimum Gasteiger partial charge on any atom is -0.506 e. The zero-order valence-electron chi connectivity index (χ0n) is 6.16. The van der Waals surface area contributed by atoms with Gasteiger partial charge in [-0.1, -0.05) is 0 Å². The molecule has 4 heteroatoms. The fraction of sp³-hybridized carbons (Fsp3) is 0.286. The topological polar surface area (TPSA) is 61.4 Å². The van der Waals surface area contributed by atoms with Gasteiger partial charge in [-0.25, -0.2) is 0 Å². The molecule has 0 aromatic rings. The standard InChI is InChI=1S/C7H10N2O2/c1-5(10)9-7-3-2-6(11)4-8-7/h2-4,7-8,11H,1H3,(H,9,10). The van der Waals surface area contributed by atoms with E-state index in [1.807, 2.05) is 0 Å². The molecule has 0 radical (unpaired) electrons. The van der Waals surface area contributed by atoms with Gasteiger partial charge in [0, 0.05) is 13.1 Å². The molecule has 1 rings (SSSR count). The molecule has 0 aromatic carbocycles. The minimum atomic E-state index is -0.205. The van der Waals surface area contributed by atoms with Crippen LogP contribution < -0.4 is 10.6 Å². The smallest absolute Gasteiger partial charge is 0.218 e. The average Bonchev–Trinajstić information content (AvgIpc) is 1.93. The normalized spacial score (nSPS) is 21.9. The first-order valence-corrected chi connectivity index (χ1v) is 3.29. The van der Waals surface area contributed by atoms with Crippen LogP contribution in [0.1, 0.15) is 6.92 Å². The van der Waals surface area contributed by atoms with Crippen LogP contribution in [0.4, 0.5) is 0 Å². The predicted octanol–water partition coefficient (Wildman–Crippen LogP) is 0.00740. The molecule has 1 atom stereocenters. The first kappa shape index (κ1) is 7.65. The lowest BCUT2D eigenvalue weighted by Gasteiger charge is -2.16. The Morgan fingerprint density at radius 1 is 1.82 bits per heavy atom. The van der Waals surface area contributed by atoms with Gasteiger partial charge >= 0.3 is 0 Å². The van der Waals surface area contributed by atoms with Crippen molar-refractivity contribution in [1.82, 2.24) is 10.6 Å². The molecule has 0 saturated heterocycles. The second-order valence-corrected chi connectivity index (χ2v) is 2.27. The van der Waals surface area contributed by atoms with Crippen molar-refractivity contribution in [3.05, 3.63) is 24.1 Å². The summed E-state index contributed by atoms with van der Waals surface area (Å²) in [4.78, 5) is 10.5. The van der Waals surface area contributed by atoms with Crippen molar-refractivity contribution >= 4 is 5.91 Å². The highest BCUT2D eigenvalue weighted by molar-refractivity contribution is 5.73. The summed E-state index contributed by atoms with van der Waals surface area (Å²) >= 11 is 0. The Morgan fingerprint density at radius 3 is 3.00 bits per heavy atom. The number of carbonyl (C=O) groups is 1. The molecule has 4 nitrogen and oxygen atoms in total. The van der Waals surface area contributed by atoms with Crippen molar-refractivity contribution in [2.24, 2.45) is 0 Å². The van der Waals surface area contributed by atoms with E-state index in [1.54, 1.807) is 6.08 Å². The van der Waals surface area contributed by atoms with Crippen molar-refractivity contribution < 1.29 is 9.90 Å². The summed E-state index contributed by atoms with van der Waals surface area (Å²) in [5.41, 5.74) is 0. The minimum absolute atomic E-state index is 0.109. The van der Waals surface area contributed by atoms with Crippen LogP contribution >= 0.6 is 0 Å². The molecule has 1 unspecified atom stereocenters. The maximum atomic E-state index is 10.5. The van der Waals surface area contributed by atoms with Gasteiger partial charge in [0.05, 0.1) is 0 Å². The van der Waals surface area contributed by atoms with Crippen LogP contribution in [0, 0.1) is 0 Å². The van der Waals surface area contributed by atoms with Gasteiger partial charge in [0.2, 0.25) is 5.91 Å². The van der Waals surface area contributed by atoms with Gasteiger partial charge in [0.1, 0.15) is 11.9 Å². The monoisotopic (exact) mass is 154 g/mol. The average molecular weight is 154 g/mol. The first-order valence-electron chi connectivity index (χ1n) is 3.29. The lowest BCUT2D eigenvalue weighted by molar-refractivity contribution is -0.119. The van der Waals surface area contributed by atoms with E-state index in [2.05, 4.69) is 10.6 Å². The Morgan fingerprint density at radius 2 is 2.55 bits per heavy atom. The van der Waals surface area contributed by atoms with E-state index < -0.39 is 0 Å². The zero-order valence-corrected chi connectivity index (χ0v) is 6.16. The van der Waals surface area contributed by atoms with Crippen molar-refractivity contribution in [3.63, 3.8) is 0 Å². The molecule has 1 aliphatic heterocycles. The summed E-state index contributed by atoms with van der Waals surface area (Å²) in [7, 11) is 0. The number of hydrogen-bond acceptors (Lipinski definition) is 3. The van der Waals surface area contributed by atoms with E-state index in [1.165, 1.54) is 19.2 Å². The van der Waals surface area contributed by atoms with Gasteiger partial charge in [-0.2, -0.15) is 0 Å². The molecule has 11 heavy (non-hydrogen) atoms. The fourth-order valence-electron chi connectivity index (χ4n) is 0.782. The highest BCUT2D eigenvalue weighted by atomic mass is 16.3. The number of rotatable bonds is 1. The second-order valence-electron chi connectivity index (χ2n) is 2.27. The summed E-state index contributed by atoms with van der Waals surface area (Å²) in [5, 5.41) is 14.2. The molecule has 0 aromatic heterocycles. The van der Waals surface area contributed by atoms with Crippen LogP contribution in [0.15, 0.2) is 24.1 Å². The third-order valence-electron chi connectivity index (χ3n) is 1.23. The molecule has 0 bridgehead atoms. The number of amides is 1. The predicted molar refractivity (Wildman–Crippen MR) is 40.6 cm³/mol. The van der Waals surface area contributed by atoms with E-state index in [0.29, 0.717) is 0 Å². The van der Waals surface area contributed by atoms with Crippen LogP contribution in [0.3, 0.4) is 0 Å². The Bertz CT molecular complexity index is 220. The summed E-state index contributed by atoms with van der Waals surface area (Å²) in [6, 6.07) is 0. The van der Waals surface area contributed by atoms with E-state index in [0.717, 1.165) is 0 Å². The molecule has 1 heterocycles. The molecule has 3 N–H and O–H groups in total. The molecule has 1 aliphatic rings. The van der Waals surface area contributed by atoms with Gasteiger partial charge in [0.15, 0.2) is 0 Å². The first-order chi connectivity index (χ1) is 5.18. The largest absolute Gasteiger partial charge is 0.506 e. The summed E-state index contributed by atoms with van der Waals surface area (Å²) < 4.78 is 0. The van der Waals surface area contributed by atoms with E-state index >= 15 is 0 Å². The molecule has 1 amide bonds. The van der Waals surface area contributed by atoms with E-state index in [9.17, 15) is 4.79 Å². The van der Waals surface area contributed by atoms with E-state index in [-0.39, 0.29) is 17.8 Å².